The molecule has 29 heavy (non-hydrogen) atoms. The molecular formula is C18H15Cl2N3O6. The lowest BCUT2D eigenvalue weighted by Gasteiger charge is -2.08. The number of carbonyl (C=O) groups is 3. The van der Waals surface area contributed by atoms with Gasteiger partial charge in [-0.25, -0.2) is 0 Å². The zero-order valence-corrected chi connectivity index (χ0v) is 16.3. The molecule has 0 aliphatic carbocycles. The van der Waals surface area contributed by atoms with Crippen molar-refractivity contribution in [3.8, 4) is 0 Å². The number of nitrogens with zero attached hydrogens (tertiary/aromatic N) is 1. The fourth-order valence-corrected chi connectivity index (χ4v) is 2.42. The Morgan fingerprint density at radius 1 is 0.931 bits per heavy atom. The number of hydrogen-bond acceptors (Lipinski definition) is 6. The first-order valence-corrected chi connectivity index (χ1v) is 8.95. The molecule has 2 N–H and O–H groups in total. The molecule has 0 radical (unpaired) electrons. The lowest BCUT2D eigenvalue weighted by Crippen LogP contribution is -2.21. The number of benzene rings is 2. The third-order valence-corrected chi connectivity index (χ3v) is 4.20. The minimum absolute atomic E-state index is 0.171. The highest BCUT2D eigenvalue weighted by Crippen LogP contribution is 2.25. The number of hydrogen-bond donors (Lipinski definition) is 2. The number of halogens is 2. The maximum atomic E-state index is 11.8. The van der Waals surface area contributed by atoms with Crippen LogP contribution in [-0.4, -0.2) is 29.3 Å². The Bertz CT molecular complexity index is 951. The average Bonchev–Trinajstić information content (AvgIpc) is 2.68. The zero-order valence-electron chi connectivity index (χ0n) is 14.8. The molecule has 0 bridgehead atoms. The summed E-state index contributed by atoms with van der Waals surface area (Å²) in [6.07, 6.45) is -0.475. The molecule has 0 heterocycles. The highest BCUT2D eigenvalue weighted by Gasteiger charge is 2.12. The molecule has 0 aliphatic rings. The van der Waals surface area contributed by atoms with E-state index >= 15 is 0 Å². The van der Waals surface area contributed by atoms with E-state index in [-0.39, 0.29) is 29.2 Å². The quantitative estimate of drug-likeness (QED) is 0.365. The van der Waals surface area contributed by atoms with Crippen molar-refractivity contribution in [2.45, 2.75) is 12.8 Å². The van der Waals surface area contributed by atoms with E-state index in [9.17, 15) is 24.5 Å². The molecule has 0 aromatic heterocycles. The number of rotatable bonds is 8. The van der Waals surface area contributed by atoms with E-state index in [1.54, 1.807) is 0 Å². The fraction of sp³-hybridized carbons (Fsp3) is 0.167. The summed E-state index contributed by atoms with van der Waals surface area (Å²) in [5.74, 6) is -1.86. The topological polar surface area (TPSA) is 128 Å². The smallest absolute Gasteiger partial charge is 0.306 e. The molecule has 2 amide bonds. The number of nitro groups is 1. The summed E-state index contributed by atoms with van der Waals surface area (Å²) in [7, 11) is 0. The molecule has 152 valence electrons. The number of esters is 1. The first-order chi connectivity index (χ1) is 13.7. The van der Waals surface area contributed by atoms with Gasteiger partial charge in [-0.3, -0.25) is 24.5 Å². The van der Waals surface area contributed by atoms with Crippen molar-refractivity contribution >= 4 is 58.0 Å². The van der Waals surface area contributed by atoms with E-state index in [1.165, 1.54) is 42.5 Å². The summed E-state index contributed by atoms with van der Waals surface area (Å²) in [5, 5.41) is 16.2. The molecule has 9 nitrogen and oxygen atoms in total. The number of nitrogens with one attached hydrogen (secondary N) is 2. The van der Waals surface area contributed by atoms with Gasteiger partial charge in [0.05, 0.1) is 21.4 Å². The second-order valence-corrected chi connectivity index (χ2v) is 6.51. The Morgan fingerprint density at radius 3 is 2.31 bits per heavy atom. The van der Waals surface area contributed by atoms with E-state index in [0.29, 0.717) is 10.7 Å². The van der Waals surface area contributed by atoms with E-state index < -0.39 is 29.3 Å². The molecule has 2 aromatic carbocycles. The van der Waals surface area contributed by atoms with Crippen molar-refractivity contribution < 1.29 is 24.0 Å². The summed E-state index contributed by atoms with van der Waals surface area (Å²) in [5.41, 5.74) is 0.450. The molecule has 0 atom stereocenters. The van der Waals surface area contributed by atoms with Gasteiger partial charge in [-0.2, -0.15) is 0 Å². The molecule has 0 spiro atoms. The van der Waals surface area contributed by atoms with Crippen LogP contribution in [0.2, 0.25) is 10.0 Å². The third-order valence-electron chi connectivity index (χ3n) is 3.46. The van der Waals surface area contributed by atoms with Crippen LogP contribution in [-0.2, 0) is 19.1 Å². The Hall–Kier alpha value is -3.17. The molecule has 2 rings (SSSR count). The van der Waals surface area contributed by atoms with Crippen LogP contribution in [0.25, 0.3) is 0 Å². The van der Waals surface area contributed by atoms with E-state index in [0.717, 1.165) is 0 Å². The first-order valence-electron chi connectivity index (χ1n) is 8.19. The number of nitro benzene ring substituents is 1. The maximum Gasteiger partial charge on any atom is 0.306 e. The summed E-state index contributed by atoms with van der Waals surface area (Å²) < 4.78 is 4.80. The molecule has 0 aliphatic heterocycles. The summed E-state index contributed by atoms with van der Waals surface area (Å²) >= 11 is 11.6. The van der Waals surface area contributed by atoms with Crippen LogP contribution in [0.3, 0.4) is 0 Å². The lowest BCUT2D eigenvalue weighted by molar-refractivity contribution is -0.384. The van der Waals surface area contributed by atoms with Crippen molar-refractivity contribution in [3.63, 3.8) is 0 Å². The van der Waals surface area contributed by atoms with Crippen LogP contribution in [0.5, 0.6) is 0 Å². The van der Waals surface area contributed by atoms with Gasteiger partial charge in [0.25, 0.3) is 11.6 Å². The minimum atomic E-state index is -0.747. The van der Waals surface area contributed by atoms with Crippen molar-refractivity contribution in [1.29, 1.82) is 0 Å². The summed E-state index contributed by atoms with van der Waals surface area (Å²) in [6, 6.07) is 9.88. The Kier molecular flexibility index (Phi) is 7.93. The lowest BCUT2D eigenvalue weighted by atomic mass is 10.2. The van der Waals surface area contributed by atoms with Crippen molar-refractivity contribution in [3.05, 3.63) is 62.6 Å². The van der Waals surface area contributed by atoms with E-state index in [4.69, 9.17) is 27.9 Å². The van der Waals surface area contributed by atoms with Gasteiger partial charge >= 0.3 is 5.97 Å². The van der Waals surface area contributed by atoms with Crippen molar-refractivity contribution in [2.24, 2.45) is 0 Å². The predicted molar refractivity (Wildman–Crippen MR) is 107 cm³/mol. The van der Waals surface area contributed by atoms with Gasteiger partial charge in [0.15, 0.2) is 6.61 Å². The zero-order chi connectivity index (χ0) is 21.4. The van der Waals surface area contributed by atoms with Crippen molar-refractivity contribution in [1.82, 2.24) is 0 Å². The van der Waals surface area contributed by atoms with Gasteiger partial charge in [0.2, 0.25) is 5.91 Å². The Balaban J connectivity index is 1.72. The van der Waals surface area contributed by atoms with Gasteiger partial charge in [-0.05, 0) is 24.3 Å². The molecule has 0 fully saturated rings. The monoisotopic (exact) mass is 439 g/mol. The Morgan fingerprint density at radius 2 is 1.62 bits per heavy atom. The first kappa shape index (κ1) is 22.1. The van der Waals surface area contributed by atoms with Crippen LogP contribution >= 0.6 is 23.2 Å². The van der Waals surface area contributed by atoms with Gasteiger partial charge in [-0.15, -0.1) is 0 Å². The normalized spacial score (nSPS) is 10.1. The van der Waals surface area contributed by atoms with E-state index in [1.807, 2.05) is 0 Å². The van der Waals surface area contributed by atoms with Crippen molar-refractivity contribution in [2.75, 3.05) is 17.2 Å². The predicted octanol–water partition coefficient (Wildman–Crippen LogP) is 3.80. The van der Waals surface area contributed by atoms with Crippen LogP contribution < -0.4 is 10.6 Å². The van der Waals surface area contributed by atoms with Gasteiger partial charge in [-0.1, -0.05) is 29.3 Å². The average molecular weight is 440 g/mol. The maximum absolute atomic E-state index is 11.8. The van der Waals surface area contributed by atoms with Crippen LogP contribution in [0.1, 0.15) is 12.8 Å². The number of amides is 2. The standard InChI is InChI=1S/C18H15Cl2N3O6/c19-14-5-4-12(9-15(14)20)22-17(25)10-29-18(26)7-6-16(24)21-11-2-1-3-13(8-11)23(27)28/h1-5,8-9H,6-7,10H2,(H,21,24)(H,22,25). The van der Waals surface area contributed by atoms with E-state index in [2.05, 4.69) is 10.6 Å². The molecule has 2 aromatic rings. The number of carbonyl (C=O) groups excluding carboxylic acids is 3. The second kappa shape index (κ2) is 10.4. The highest BCUT2D eigenvalue weighted by molar-refractivity contribution is 6.42. The molecule has 0 unspecified atom stereocenters. The van der Waals surface area contributed by atoms with Gasteiger partial charge < -0.3 is 15.4 Å². The number of anilines is 2. The molecule has 0 saturated carbocycles. The SMILES string of the molecule is O=C(CCC(=O)OCC(=O)Nc1ccc(Cl)c(Cl)c1)Nc1cccc([N+](=O)[O-])c1. The van der Waals surface area contributed by atoms with Gasteiger partial charge in [0, 0.05) is 29.9 Å². The van der Waals surface area contributed by atoms with Gasteiger partial charge in [0.1, 0.15) is 0 Å². The fourth-order valence-electron chi connectivity index (χ4n) is 2.13. The number of ether oxygens (including phenoxy) is 1. The molecular weight excluding hydrogens is 425 g/mol. The second-order valence-electron chi connectivity index (χ2n) is 5.69. The third kappa shape index (κ3) is 7.40. The largest absolute Gasteiger partial charge is 0.456 e. The minimum Gasteiger partial charge on any atom is -0.456 e. The molecule has 11 heteroatoms. The Labute approximate surface area is 175 Å². The highest BCUT2D eigenvalue weighted by atomic mass is 35.5. The van der Waals surface area contributed by atoms with Crippen LogP contribution in [0.15, 0.2) is 42.5 Å². The van der Waals surface area contributed by atoms with Crippen LogP contribution in [0, 0.1) is 10.1 Å². The van der Waals surface area contributed by atoms with Crippen LogP contribution in [0.4, 0.5) is 17.1 Å². The summed E-state index contributed by atoms with van der Waals surface area (Å²) in [4.78, 5) is 45.4. The summed E-state index contributed by atoms with van der Waals surface area (Å²) in [6.45, 7) is -0.536. The molecule has 0 saturated heterocycles. The number of non-ortho nitro benzene ring substituents is 1.